The van der Waals surface area contributed by atoms with Gasteiger partial charge in [0, 0.05) is 24.2 Å². The van der Waals surface area contributed by atoms with Gasteiger partial charge in [-0.3, -0.25) is 14.3 Å². The van der Waals surface area contributed by atoms with Crippen LogP contribution < -0.4 is 5.32 Å². The molecule has 1 amide bonds. The number of aryl methyl sites for hydroxylation is 1. The van der Waals surface area contributed by atoms with Crippen molar-refractivity contribution in [2.75, 3.05) is 13.1 Å². The molecule has 11 heteroatoms. The molecule has 33 heavy (non-hydrogen) atoms. The minimum atomic E-state index is -4.53. The number of hydrogen-bond donors (Lipinski definition) is 2. The Kier molecular flexibility index (Phi) is 7.10. The lowest BCUT2D eigenvalue weighted by atomic mass is 9.74. The Balaban J connectivity index is 1.41. The fraction of sp³-hybridized carbons (Fsp3) is 0.682. The van der Waals surface area contributed by atoms with Gasteiger partial charge in [0.2, 0.25) is 11.0 Å². The molecule has 0 spiro atoms. The SMILES string of the molecule is Cc1cc(C(F)(F)F)nn1CC(=O)N1CCC([C@@]2(C3CCCCC3)NC(C(=O)S)=CS2)CC1. The summed E-state index contributed by atoms with van der Waals surface area (Å²) >= 11 is 5.69. The van der Waals surface area contributed by atoms with E-state index in [4.69, 9.17) is 0 Å². The molecule has 1 atom stereocenters. The highest BCUT2D eigenvalue weighted by Gasteiger charge is 2.50. The number of hydrogen-bond acceptors (Lipinski definition) is 5. The van der Waals surface area contributed by atoms with Crippen LogP contribution in [0.5, 0.6) is 0 Å². The number of piperidine rings is 1. The molecule has 2 aliphatic heterocycles. The number of carbonyl (C=O) groups is 2. The molecule has 1 N–H and O–H groups in total. The van der Waals surface area contributed by atoms with E-state index in [9.17, 15) is 22.8 Å². The molecule has 2 fully saturated rings. The first-order chi connectivity index (χ1) is 15.6. The number of alkyl halides is 3. The lowest BCUT2D eigenvalue weighted by molar-refractivity contribution is -0.142. The van der Waals surface area contributed by atoms with Gasteiger partial charge in [-0.25, -0.2) is 0 Å². The van der Waals surface area contributed by atoms with E-state index < -0.39 is 11.9 Å². The molecule has 6 nitrogen and oxygen atoms in total. The Morgan fingerprint density at radius 3 is 2.36 bits per heavy atom. The lowest BCUT2D eigenvalue weighted by Crippen LogP contribution is -2.55. The molecule has 3 aliphatic rings. The molecular weight excluding hydrogens is 473 g/mol. The maximum Gasteiger partial charge on any atom is 0.435 e. The third kappa shape index (κ3) is 5.08. The van der Waals surface area contributed by atoms with Gasteiger partial charge in [0.1, 0.15) is 6.54 Å². The standard InChI is InChI=1S/C22H29F3N4O2S2/c1-14-11-18(22(23,24)25)27-29(14)12-19(30)28-9-7-16(8-10-28)21(15-5-3-2-4-6-15)26-17(13-33-21)20(31)32/h11,13,15-16,26H,2-10,12H2,1H3,(H,31,32)/t21-/m0/s1. The van der Waals surface area contributed by atoms with Crippen molar-refractivity contribution in [1.82, 2.24) is 20.0 Å². The van der Waals surface area contributed by atoms with Crippen LogP contribution in [0.4, 0.5) is 13.2 Å². The number of likely N-dealkylation sites (tertiary alicyclic amines) is 1. The smallest absolute Gasteiger partial charge is 0.366 e. The van der Waals surface area contributed by atoms with E-state index in [1.165, 1.54) is 26.2 Å². The van der Waals surface area contributed by atoms with Crippen LogP contribution in [0.1, 0.15) is 56.3 Å². The molecule has 1 saturated heterocycles. The summed E-state index contributed by atoms with van der Waals surface area (Å²) in [7, 11) is 0. The second kappa shape index (κ2) is 9.56. The van der Waals surface area contributed by atoms with Gasteiger partial charge < -0.3 is 10.2 Å². The van der Waals surface area contributed by atoms with Crippen molar-refractivity contribution in [2.45, 2.75) is 69.5 Å². The Bertz CT molecular complexity index is 935. The highest BCUT2D eigenvalue weighted by Crippen LogP contribution is 2.51. The van der Waals surface area contributed by atoms with E-state index in [2.05, 4.69) is 23.0 Å². The van der Waals surface area contributed by atoms with Crippen LogP contribution in [0, 0.1) is 18.8 Å². The van der Waals surface area contributed by atoms with Gasteiger partial charge in [-0.05, 0) is 50.5 Å². The van der Waals surface area contributed by atoms with Crippen LogP contribution in [0.15, 0.2) is 17.2 Å². The van der Waals surface area contributed by atoms with Crippen molar-refractivity contribution < 1.29 is 22.8 Å². The van der Waals surface area contributed by atoms with Crippen LogP contribution in [-0.4, -0.2) is 43.7 Å². The molecular formula is C22H29F3N4O2S2. The Morgan fingerprint density at radius 2 is 1.82 bits per heavy atom. The monoisotopic (exact) mass is 502 g/mol. The van der Waals surface area contributed by atoms with Gasteiger partial charge >= 0.3 is 6.18 Å². The van der Waals surface area contributed by atoms with Crippen LogP contribution in [0.2, 0.25) is 0 Å². The summed E-state index contributed by atoms with van der Waals surface area (Å²) in [6.07, 6.45) is 2.84. The molecule has 3 heterocycles. The van der Waals surface area contributed by atoms with Crippen molar-refractivity contribution in [3.8, 4) is 0 Å². The van der Waals surface area contributed by atoms with E-state index in [1.54, 1.807) is 16.7 Å². The fourth-order valence-corrected chi connectivity index (χ4v) is 7.10. The van der Waals surface area contributed by atoms with Crippen molar-refractivity contribution in [1.29, 1.82) is 0 Å². The quantitative estimate of drug-likeness (QED) is 0.586. The van der Waals surface area contributed by atoms with Crippen LogP contribution in [-0.2, 0) is 22.3 Å². The summed E-state index contributed by atoms with van der Waals surface area (Å²) in [5.74, 6) is 0.494. The zero-order valence-electron chi connectivity index (χ0n) is 18.5. The maximum atomic E-state index is 12.9. The van der Waals surface area contributed by atoms with E-state index in [-0.39, 0.29) is 28.4 Å². The van der Waals surface area contributed by atoms with Crippen LogP contribution in [0.3, 0.4) is 0 Å². The normalized spacial score (nSPS) is 25.1. The van der Waals surface area contributed by atoms with Crippen molar-refractivity contribution in [3.63, 3.8) is 0 Å². The highest BCUT2D eigenvalue weighted by atomic mass is 32.2. The topological polar surface area (TPSA) is 67.2 Å². The third-order valence-corrected chi connectivity index (χ3v) is 8.91. The number of nitrogens with zero attached hydrogens (tertiary/aromatic N) is 3. The fourth-order valence-electron chi connectivity index (χ4n) is 5.39. The first-order valence-electron chi connectivity index (χ1n) is 11.4. The minimum Gasteiger partial charge on any atom is -0.366 e. The average Bonchev–Trinajstić information content (AvgIpc) is 3.40. The van der Waals surface area contributed by atoms with Crippen molar-refractivity contribution >= 4 is 35.4 Å². The highest BCUT2D eigenvalue weighted by molar-refractivity contribution is 8.04. The van der Waals surface area contributed by atoms with Gasteiger partial charge in [0.25, 0.3) is 0 Å². The summed E-state index contributed by atoms with van der Waals surface area (Å²) < 4.78 is 39.9. The molecule has 4 rings (SSSR count). The zero-order valence-corrected chi connectivity index (χ0v) is 20.2. The van der Waals surface area contributed by atoms with Gasteiger partial charge in [-0.15, -0.1) is 11.8 Å². The molecule has 0 bridgehead atoms. The van der Waals surface area contributed by atoms with E-state index in [1.807, 2.05) is 5.41 Å². The van der Waals surface area contributed by atoms with Gasteiger partial charge in [-0.2, -0.15) is 18.3 Å². The summed E-state index contributed by atoms with van der Waals surface area (Å²) in [6.45, 7) is 2.40. The Morgan fingerprint density at radius 1 is 1.18 bits per heavy atom. The number of thiol groups is 1. The van der Waals surface area contributed by atoms with E-state index in [0.29, 0.717) is 30.4 Å². The number of amides is 1. The molecule has 0 radical (unpaired) electrons. The van der Waals surface area contributed by atoms with E-state index >= 15 is 0 Å². The number of aromatic nitrogens is 2. The number of carbonyl (C=O) groups excluding carboxylic acids is 2. The number of halogens is 3. The van der Waals surface area contributed by atoms with Crippen LogP contribution in [0.25, 0.3) is 0 Å². The first-order valence-corrected chi connectivity index (χ1v) is 12.7. The predicted molar refractivity (Wildman–Crippen MR) is 123 cm³/mol. The molecule has 1 saturated carbocycles. The summed E-state index contributed by atoms with van der Waals surface area (Å²) in [5.41, 5.74) is -0.127. The Hall–Kier alpha value is -1.62. The maximum absolute atomic E-state index is 12.9. The predicted octanol–water partition coefficient (Wildman–Crippen LogP) is 4.36. The number of rotatable bonds is 5. The average molecular weight is 503 g/mol. The lowest BCUT2D eigenvalue weighted by Gasteiger charge is -2.48. The second-order valence-corrected chi connectivity index (χ2v) is 10.7. The molecule has 1 aromatic heterocycles. The first kappa shape index (κ1) is 24.5. The van der Waals surface area contributed by atoms with E-state index in [0.717, 1.165) is 36.4 Å². The van der Waals surface area contributed by atoms with Crippen LogP contribution >= 0.6 is 24.4 Å². The largest absolute Gasteiger partial charge is 0.435 e. The Labute approximate surface area is 201 Å². The van der Waals surface area contributed by atoms with Crippen molar-refractivity contribution in [2.24, 2.45) is 11.8 Å². The third-order valence-electron chi connectivity index (χ3n) is 7.15. The summed E-state index contributed by atoms with van der Waals surface area (Å²) in [6, 6.07) is 0.962. The summed E-state index contributed by atoms with van der Waals surface area (Å²) in [5, 5.41) is 8.73. The number of thioether (sulfide) groups is 1. The van der Waals surface area contributed by atoms with Crippen molar-refractivity contribution in [3.05, 3.63) is 28.6 Å². The molecule has 1 aromatic rings. The minimum absolute atomic E-state index is 0.201. The zero-order chi connectivity index (χ0) is 23.8. The molecule has 0 aromatic carbocycles. The second-order valence-electron chi connectivity index (χ2n) is 9.19. The molecule has 182 valence electrons. The molecule has 0 unspecified atom stereocenters. The van der Waals surface area contributed by atoms with Gasteiger partial charge in [0.15, 0.2) is 5.69 Å². The molecule has 1 aliphatic carbocycles. The number of nitrogens with one attached hydrogen (secondary N) is 1. The van der Waals surface area contributed by atoms with Gasteiger partial charge in [0.05, 0.1) is 10.6 Å². The summed E-state index contributed by atoms with van der Waals surface area (Å²) in [4.78, 5) is 26.2. The van der Waals surface area contributed by atoms with Gasteiger partial charge in [-0.1, -0.05) is 31.9 Å².